The van der Waals surface area contributed by atoms with Crippen molar-refractivity contribution in [2.45, 2.75) is 32.4 Å². The number of amides is 3. The fourth-order valence-electron chi connectivity index (χ4n) is 3.71. The first kappa shape index (κ1) is 20.3. The number of piperazine rings is 1. The third-order valence-corrected chi connectivity index (χ3v) is 5.12. The highest BCUT2D eigenvalue weighted by Gasteiger charge is 2.43. The summed E-state index contributed by atoms with van der Waals surface area (Å²) in [7, 11) is 1.57. The largest absolute Gasteiger partial charge is 0.497 e. The van der Waals surface area contributed by atoms with Crippen LogP contribution in [0.1, 0.15) is 20.3 Å². The number of carbonyl (C=O) groups is 3. The van der Waals surface area contributed by atoms with Gasteiger partial charge in [-0.05, 0) is 38.1 Å². The number of ether oxygens (including phenoxy) is 1. The second-order valence-electron chi connectivity index (χ2n) is 7.52. The number of imide groups is 1. The number of nitrogens with one attached hydrogen (secondary N) is 1. The third kappa shape index (κ3) is 4.51. The Balaban J connectivity index is 1.57. The smallest absolute Gasteiger partial charge is 0.251 e. The molecular formula is C20H28N4O4. The van der Waals surface area contributed by atoms with Crippen molar-refractivity contribution in [2.24, 2.45) is 0 Å². The minimum Gasteiger partial charge on any atom is -0.497 e. The molecule has 2 fully saturated rings. The first-order valence-electron chi connectivity index (χ1n) is 9.65. The van der Waals surface area contributed by atoms with E-state index in [0.717, 1.165) is 0 Å². The lowest BCUT2D eigenvalue weighted by Crippen LogP contribution is -2.54. The van der Waals surface area contributed by atoms with E-state index in [1.54, 1.807) is 31.4 Å². The van der Waals surface area contributed by atoms with Crippen molar-refractivity contribution in [3.63, 3.8) is 0 Å². The average Bonchev–Trinajstić information content (AvgIpc) is 2.96. The monoisotopic (exact) mass is 388 g/mol. The van der Waals surface area contributed by atoms with E-state index in [9.17, 15) is 14.4 Å². The molecule has 0 aromatic heterocycles. The molecule has 3 amide bonds. The molecule has 2 saturated heterocycles. The summed E-state index contributed by atoms with van der Waals surface area (Å²) in [6, 6.07) is 6.62. The quantitative estimate of drug-likeness (QED) is 0.714. The fraction of sp³-hybridized carbons (Fsp3) is 0.550. The van der Waals surface area contributed by atoms with Crippen LogP contribution in [0.25, 0.3) is 0 Å². The summed E-state index contributed by atoms with van der Waals surface area (Å²) in [6.45, 7) is 6.96. The molecule has 1 aromatic carbocycles. The highest BCUT2D eigenvalue weighted by molar-refractivity contribution is 6.22. The van der Waals surface area contributed by atoms with Gasteiger partial charge < -0.3 is 10.1 Å². The van der Waals surface area contributed by atoms with E-state index in [1.807, 2.05) is 13.8 Å². The zero-order chi connectivity index (χ0) is 20.3. The summed E-state index contributed by atoms with van der Waals surface area (Å²) in [6.07, 6.45) is 0.193. The molecule has 8 nitrogen and oxygen atoms in total. The number of anilines is 1. The lowest BCUT2D eigenvalue weighted by Gasteiger charge is -2.36. The third-order valence-electron chi connectivity index (χ3n) is 5.12. The maximum absolute atomic E-state index is 12.9. The van der Waals surface area contributed by atoms with E-state index >= 15 is 0 Å². The van der Waals surface area contributed by atoms with Crippen LogP contribution >= 0.6 is 0 Å². The number of nitrogens with zero attached hydrogens (tertiary/aromatic N) is 3. The Hall–Kier alpha value is -2.45. The molecule has 0 spiro atoms. The van der Waals surface area contributed by atoms with Gasteiger partial charge in [0.05, 0.1) is 31.8 Å². The predicted octanol–water partition coefficient (Wildman–Crippen LogP) is 0.469. The molecule has 28 heavy (non-hydrogen) atoms. The lowest BCUT2D eigenvalue weighted by molar-refractivity contribution is -0.125. The number of methoxy groups -OCH3 is 1. The summed E-state index contributed by atoms with van der Waals surface area (Å²) in [5.74, 6) is 0.332. The van der Waals surface area contributed by atoms with Crippen LogP contribution in [-0.4, -0.2) is 79.4 Å². The number of rotatable bonds is 6. The maximum atomic E-state index is 12.9. The van der Waals surface area contributed by atoms with Crippen LogP contribution in [0.2, 0.25) is 0 Å². The van der Waals surface area contributed by atoms with Gasteiger partial charge in [-0.25, -0.2) is 4.90 Å². The molecule has 1 N–H and O–H groups in total. The van der Waals surface area contributed by atoms with E-state index in [0.29, 0.717) is 44.2 Å². The molecule has 3 rings (SSSR count). The van der Waals surface area contributed by atoms with Crippen molar-refractivity contribution in [1.29, 1.82) is 0 Å². The molecule has 0 bridgehead atoms. The highest BCUT2D eigenvalue weighted by Crippen LogP contribution is 2.27. The van der Waals surface area contributed by atoms with E-state index in [2.05, 4.69) is 15.1 Å². The first-order valence-corrected chi connectivity index (χ1v) is 9.65. The van der Waals surface area contributed by atoms with Crippen molar-refractivity contribution in [1.82, 2.24) is 15.1 Å². The number of carbonyl (C=O) groups excluding carboxylic acids is 3. The van der Waals surface area contributed by atoms with Gasteiger partial charge in [-0.15, -0.1) is 0 Å². The van der Waals surface area contributed by atoms with Crippen molar-refractivity contribution < 1.29 is 19.1 Å². The van der Waals surface area contributed by atoms with E-state index < -0.39 is 6.04 Å². The Morgan fingerprint density at radius 1 is 1.14 bits per heavy atom. The van der Waals surface area contributed by atoms with Crippen molar-refractivity contribution >= 4 is 23.4 Å². The molecule has 0 aliphatic carbocycles. The van der Waals surface area contributed by atoms with Gasteiger partial charge in [-0.2, -0.15) is 0 Å². The number of hydrogen-bond donors (Lipinski definition) is 1. The second-order valence-corrected chi connectivity index (χ2v) is 7.52. The summed E-state index contributed by atoms with van der Waals surface area (Å²) in [5, 5.41) is 2.89. The van der Waals surface area contributed by atoms with Crippen LogP contribution in [0.5, 0.6) is 5.75 Å². The minimum atomic E-state index is -0.429. The Kier molecular flexibility index (Phi) is 6.31. The van der Waals surface area contributed by atoms with Gasteiger partial charge in [-0.3, -0.25) is 24.2 Å². The molecule has 1 atom stereocenters. The molecule has 8 heteroatoms. The van der Waals surface area contributed by atoms with Crippen molar-refractivity contribution in [3.8, 4) is 5.75 Å². The summed E-state index contributed by atoms with van der Waals surface area (Å²) >= 11 is 0. The fourth-order valence-corrected chi connectivity index (χ4v) is 3.71. The van der Waals surface area contributed by atoms with Gasteiger partial charge in [0.2, 0.25) is 11.8 Å². The SMILES string of the molecule is COc1ccc(N2C(=O)C[C@H](N3CCN(CC(=O)NC(C)C)CC3)C2=O)cc1. The molecule has 0 radical (unpaired) electrons. The van der Waals surface area contributed by atoms with Gasteiger partial charge in [0, 0.05) is 32.2 Å². The number of hydrogen-bond acceptors (Lipinski definition) is 6. The molecule has 2 aliphatic heterocycles. The second kappa shape index (κ2) is 8.70. The van der Waals surface area contributed by atoms with Crippen LogP contribution < -0.4 is 15.0 Å². The molecule has 1 aromatic rings. The number of benzene rings is 1. The molecule has 2 heterocycles. The topological polar surface area (TPSA) is 82.2 Å². The van der Waals surface area contributed by atoms with Crippen LogP contribution in [0.4, 0.5) is 5.69 Å². The van der Waals surface area contributed by atoms with Gasteiger partial charge in [0.25, 0.3) is 5.91 Å². The lowest BCUT2D eigenvalue weighted by atomic mass is 10.1. The average molecular weight is 388 g/mol. The van der Waals surface area contributed by atoms with E-state index in [-0.39, 0.29) is 30.2 Å². The Bertz CT molecular complexity index is 726. The molecule has 152 valence electrons. The van der Waals surface area contributed by atoms with E-state index in [1.165, 1.54) is 4.90 Å². The molecule has 0 unspecified atom stereocenters. The minimum absolute atomic E-state index is 0.0150. The van der Waals surface area contributed by atoms with Gasteiger partial charge >= 0.3 is 0 Å². The van der Waals surface area contributed by atoms with E-state index in [4.69, 9.17) is 4.74 Å². The Morgan fingerprint density at radius 2 is 1.79 bits per heavy atom. The van der Waals surface area contributed by atoms with Crippen LogP contribution in [0.3, 0.4) is 0 Å². The summed E-state index contributed by atoms with van der Waals surface area (Å²) in [4.78, 5) is 42.7. The predicted molar refractivity (Wildman–Crippen MR) is 105 cm³/mol. The van der Waals surface area contributed by atoms with Crippen LogP contribution in [0.15, 0.2) is 24.3 Å². The molecular weight excluding hydrogens is 360 g/mol. The van der Waals surface area contributed by atoms with Crippen molar-refractivity contribution in [3.05, 3.63) is 24.3 Å². The van der Waals surface area contributed by atoms with Crippen molar-refractivity contribution in [2.75, 3.05) is 44.7 Å². The Labute approximate surface area is 165 Å². The Morgan fingerprint density at radius 3 is 2.36 bits per heavy atom. The van der Waals surface area contributed by atoms with Gasteiger partial charge in [0.15, 0.2) is 0 Å². The first-order chi connectivity index (χ1) is 13.4. The normalized spacial score (nSPS) is 21.4. The maximum Gasteiger partial charge on any atom is 0.251 e. The molecule has 0 saturated carbocycles. The summed E-state index contributed by atoms with van der Waals surface area (Å²) in [5.41, 5.74) is 0.572. The molecule has 2 aliphatic rings. The van der Waals surface area contributed by atoms with Gasteiger partial charge in [-0.1, -0.05) is 0 Å². The zero-order valence-corrected chi connectivity index (χ0v) is 16.7. The zero-order valence-electron chi connectivity index (χ0n) is 16.7. The standard InChI is InChI=1S/C20H28N4O4/c1-14(2)21-18(25)13-22-8-10-23(11-9-22)17-12-19(26)24(20(17)27)15-4-6-16(28-3)7-5-15/h4-7,14,17H,8-13H2,1-3H3,(H,21,25)/t17-/m0/s1. The van der Waals surface area contributed by atoms with Crippen LogP contribution in [0, 0.1) is 0 Å². The summed E-state index contributed by atoms with van der Waals surface area (Å²) < 4.78 is 5.13. The van der Waals surface area contributed by atoms with Gasteiger partial charge in [0.1, 0.15) is 5.75 Å². The highest BCUT2D eigenvalue weighted by atomic mass is 16.5. The van der Waals surface area contributed by atoms with Crippen LogP contribution in [-0.2, 0) is 14.4 Å².